The lowest BCUT2D eigenvalue weighted by molar-refractivity contribution is -0.127. The first-order valence-electron chi connectivity index (χ1n) is 9.51. The quantitative estimate of drug-likeness (QED) is 0.310. The van der Waals surface area contributed by atoms with Crippen molar-refractivity contribution in [2.75, 3.05) is 13.7 Å². The molecule has 6 nitrogen and oxygen atoms in total. The number of aryl methyl sites for hydroxylation is 1. The molecule has 1 atom stereocenters. The van der Waals surface area contributed by atoms with Gasteiger partial charge in [0.05, 0.1) is 24.4 Å². The van der Waals surface area contributed by atoms with Crippen LogP contribution in [0.4, 0.5) is 0 Å². The molecule has 0 aliphatic carbocycles. The van der Waals surface area contributed by atoms with Crippen LogP contribution < -0.4 is 19.6 Å². The first-order chi connectivity index (χ1) is 13.9. The molecule has 2 aromatic rings. The number of rotatable bonds is 10. The molecule has 0 saturated heterocycles. The first kappa shape index (κ1) is 22.7. The van der Waals surface area contributed by atoms with Crippen molar-refractivity contribution >= 4 is 28.1 Å². The Kier molecular flexibility index (Phi) is 8.99. The lowest BCUT2D eigenvalue weighted by atomic mass is 10.2. The van der Waals surface area contributed by atoms with Crippen molar-refractivity contribution in [2.45, 2.75) is 39.7 Å². The van der Waals surface area contributed by atoms with Gasteiger partial charge in [-0.05, 0) is 77.7 Å². The van der Waals surface area contributed by atoms with E-state index >= 15 is 0 Å². The minimum Gasteiger partial charge on any atom is -0.493 e. The Hall–Kier alpha value is -2.54. The fourth-order valence-corrected chi connectivity index (χ4v) is 3.00. The summed E-state index contributed by atoms with van der Waals surface area (Å²) >= 11 is 3.44. The van der Waals surface area contributed by atoms with Gasteiger partial charge in [-0.15, -0.1) is 0 Å². The van der Waals surface area contributed by atoms with Gasteiger partial charge in [0.1, 0.15) is 5.75 Å². The first-order valence-corrected chi connectivity index (χ1v) is 10.3. The fraction of sp³-hybridized carbons (Fsp3) is 0.364. The lowest BCUT2D eigenvalue weighted by Gasteiger charge is -2.14. The molecular formula is C22H27BrN2O4. The molecule has 0 saturated carbocycles. The number of hydrogen-bond donors (Lipinski definition) is 1. The second-order valence-corrected chi connectivity index (χ2v) is 7.39. The van der Waals surface area contributed by atoms with Crippen molar-refractivity contribution in [3.63, 3.8) is 0 Å². The van der Waals surface area contributed by atoms with Crippen molar-refractivity contribution in [1.29, 1.82) is 0 Å². The number of ether oxygens (including phenoxy) is 3. The standard InChI is InChI=1S/C22H27BrN2O4/c1-5-6-11-28-20-10-8-17(13-21(20)27-4)14-24-25-22(26)16(3)29-19-9-7-15(2)12-18(19)23/h7-10,12-14,16H,5-6,11H2,1-4H3,(H,25,26)/b24-14+. The van der Waals surface area contributed by atoms with Crippen LogP contribution in [0.25, 0.3) is 0 Å². The van der Waals surface area contributed by atoms with E-state index in [1.165, 1.54) is 0 Å². The van der Waals surface area contributed by atoms with Gasteiger partial charge in [-0.3, -0.25) is 4.79 Å². The van der Waals surface area contributed by atoms with Crippen LogP contribution in [0.15, 0.2) is 46.0 Å². The van der Waals surface area contributed by atoms with Crippen LogP contribution in [0.2, 0.25) is 0 Å². The van der Waals surface area contributed by atoms with Crippen molar-refractivity contribution in [2.24, 2.45) is 5.10 Å². The monoisotopic (exact) mass is 462 g/mol. The number of hydrazone groups is 1. The average molecular weight is 463 g/mol. The third kappa shape index (κ3) is 7.09. The molecule has 2 rings (SSSR count). The molecule has 0 aromatic heterocycles. The van der Waals surface area contributed by atoms with E-state index in [2.05, 4.69) is 33.4 Å². The summed E-state index contributed by atoms with van der Waals surface area (Å²) in [5.74, 6) is 1.57. The van der Waals surface area contributed by atoms with Gasteiger partial charge in [-0.25, -0.2) is 5.43 Å². The average Bonchev–Trinajstić information content (AvgIpc) is 2.70. The number of nitrogens with one attached hydrogen (secondary N) is 1. The van der Waals surface area contributed by atoms with E-state index < -0.39 is 6.10 Å². The zero-order chi connectivity index (χ0) is 21.2. The Morgan fingerprint density at radius 3 is 2.66 bits per heavy atom. The van der Waals surface area contributed by atoms with E-state index in [1.54, 1.807) is 26.3 Å². The maximum absolute atomic E-state index is 12.2. The van der Waals surface area contributed by atoms with E-state index in [0.717, 1.165) is 28.4 Å². The van der Waals surface area contributed by atoms with Crippen LogP contribution in [0.1, 0.15) is 37.8 Å². The predicted octanol–water partition coefficient (Wildman–Crippen LogP) is 4.86. The van der Waals surface area contributed by atoms with Gasteiger partial charge in [0.25, 0.3) is 5.91 Å². The molecule has 0 aliphatic rings. The summed E-state index contributed by atoms with van der Waals surface area (Å²) in [5, 5.41) is 4.01. The maximum Gasteiger partial charge on any atom is 0.280 e. The molecule has 156 valence electrons. The highest BCUT2D eigenvalue weighted by Gasteiger charge is 2.15. The molecule has 0 spiro atoms. The van der Waals surface area contributed by atoms with Crippen LogP contribution in [0.3, 0.4) is 0 Å². The molecule has 7 heteroatoms. The number of unbranched alkanes of at least 4 members (excludes halogenated alkanes) is 1. The van der Waals surface area contributed by atoms with E-state index in [1.807, 2.05) is 37.3 Å². The van der Waals surface area contributed by atoms with Crippen LogP contribution in [-0.2, 0) is 4.79 Å². The van der Waals surface area contributed by atoms with Gasteiger partial charge in [0.15, 0.2) is 17.6 Å². The molecule has 0 fully saturated rings. The number of methoxy groups -OCH3 is 1. The topological polar surface area (TPSA) is 69.2 Å². The molecule has 0 radical (unpaired) electrons. The lowest BCUT2D eigenvalue weighted by Crippen LogP contribution is -2.33. The number of amides is 1. The minimum atomic E-state index is -0.699. The number of benzene rings is 2. The molecule has 0 heterocycles. The minimum absolute atomic E-state index is 0.347. The number of nitrogens with zero attached hydrogens (tertiary/aromatic N) is 1. The molecular weight excluding hydrogens is 436 g/mol. The second-order valence-electron chi connectivity index (χ2n) is 6.54. The van der Waals surface area contributed by atoms with Gasteiger partial charge in [-0.2, -0.15) is 5.10 Å². The Balaban J connectivity index is 1.93. The van der Waals surface area contributed by atoms with Crippen LogP contribution in [0, 0.1) is 6.92 Å². The highest BCUT2D eigenvalue weighted by molar-refractivity contribution is 9.10. The third-order valence-corrected chi connectivity index (χ3v) is 4.71. The molecule has 0 bridgehead atoms. The van der Waals surface area contributed by atoms with Gasteiger partial charge >= 0.3 is 0 Å². The second kappa shape index (κ2) is 11.5. The summed E-state index contributed by atoms with van der Waals surface area (Å²) in [6.07, 6.45) is 2.90. The SMILES string of the molecule is CCCCOc1ccc(/C=N/NC(=O)C(C)Oc2ccc(C)cc2Br)cc1OC. The zero-order valence-corrected chi connectivity index (χ0v) is 18.8. The molecule has 1 unspecified atom stereocenters. The number of carbonyl (C=O) groups excluding carboxylic acids is 1. The fourth-order valence-electron chi connectivity index (χ4n) is 2.42. The summed E-state index contributed by atoms with van der Waals surface area (Å²) in [6, 6.07) is 11.2. The van der Waals surface area contributed by atoms with Crippen molar-refractivity contribution in [3.8, 4) is 17.2 Å². The number of hydrogen-bond acceptors (Lipinski definition) is 5. The van der Waals surface area contributed by atoms with Gasteiger partial charge in [0, 0.05) is 0 Å². The Bertz CT molecular complexity index is 855. The smallest absolute Gasteiger partial charge is 0.280 e. The summed E-state index contributed by atoms with van der Waals surface area (Å²) < 4.78 is 17.6. The highest BCUT2D eigenvalue weighted by atomic mass is 79.9. The van der Waals surface area contributed by atoms with E-state index in [0.29, 0.717) is 23.9 Å². The Morgan fingerprint density at radius 2 is 1.97 bits per heavy atom. The van der Waals surface area contributed by atoms with Crippen LogP contribution >= 0.6 is 15.9 Å². The molecule has 0 aliphatic heterocycles. The Labute approximate surface area is 180 Å². The normalized spacial score (nSPS) is 11.9. The summed E-state index contributed by atoms with van der Waals surface area (Å²) in [4.78, 5) is 12.2. The van der Waals surface area contributed by atoms with E-state index in [9.17, 15) is 4.79 Å². The maximum atomic E-state index is 12.2. The highest BCUT2D eigenvalue weighted by Crippen LogP contribution is 2.28. The van der Waals surface area contributed by atoms with Gasteiger partial charge in [-0.1, -0.05) is 19.4 Å². The largest absolute Gasteiger partial charge is 0.493 e. The molecule has 29 heavy (non-hydrogen) atoms. The van der Waals surface area contributed by atoms with Crippen molar-refractivity contribution in [1.82, 2.24) is 5.43 Å². The van der Waals surface area contributed by atoms with Crippen LogP contribution in [0.5, 0.6) is 17.2 Å². The number of halogens is 1. The van der Waals surface area contributed by atoms with E-state index in [-0.39, 0.29) is 5.91 Å². The summed E-state index contributed by atoms with van der Waals surface area (Å²) in [6.45, 7) is 6.41. The van der Waals surface area contributed by atoms with Crippen molar-refractivity contribution in [3.05, 3.63) is 52.0 Å². The predicted molar refractivity (Wildman–Crippen MR) is 118 cm³/mol. The Morgan fingerprint density at radius 1 is 1.21 bits per heavy atom. The summed E-state index contributed by atoms with van der Waals surface area (Å²) in [7, 11) is 1.59. The zero-order valence-electron chi connectivity index (χ0n) is 17.2. The molecule has 2 aromatic carbocycles. The molecule has 1 N–H and O–H groups in total. The van der Waals surface area contributed by atoms with Crippen LogP contribution in [-0.4, -0.2) is 31.9 Å². The third-order valence-electron chi connectivity index (χ3n) is 4.09. The van der Waals surface area contributed by atoms with Gasteiger partial charge < -0.3 is 14.2 Å². The summed E-state index contributed by atoms with van der Waals surface area (Å²) in [5.41, 5.74) is 4.37. The number of carbonyl (C=O) groups is 1. The van der Waals surface area contributed by atoms with E-state index in [4.69, 9.17) is 14.2 Å². The molecule has 1 amide bonds. The van der Waals surface area contributed by atoms with Crippen molar-refractivity contribution < 1.29 is 19.0 Å². The van der Waals surface area contributed by atoms with Gasteiger partial charge in [0.2, 0.25) is 0 Å².